The lowest BCUT2D eigenvalue weighted by molar-refractivity contribution is -0.385. The van der Waals surface area contributed by atoms with Crippen LogP contribution in [0.2, 0.25) is 0 Å². The molecule has 30 heavy (non-hydrogen) atoms. The number of benzene rings is 3. The zero-order valence-corrected chi connectivity index (χ0v) is 17.3. The van der Waals surface area contributed by atoms with E-state index in [4.69, 9.17) is 9.47 Å². The van der Waals surface area contributed by atoms with Gasteiger partial charge in [-0.2, -0.15) is 0 Å². The Bertz CT molecular complexity index is 1250. The van der Waals surface area contributed by atoms with Crippen LogP contribution in [-0.4, -0.2) is 24.8 Å². The Morgan fingerprint density at radius 3 is 2.63 bits per heavy atom. The predicted molar refractivity (Wildman–Crippen MR) is 117 cm³/mol. The quantitative estimate of drug-likeness (QED) is 0.431. The van der Waals surface area contributed by atoms with Gasteiger partial charge in [-0.3, -0.25) is 10.1 Å². The minimum absolute atomic E-state index is 0.0249. The first-order chi connectivity index (χ1) is 14.3. The van der Waals surface area contributed by atoms with E-state index < -0.39 is 10.6 Å². The second-order valence-corrected chi connectivity index (χ2v) is 8.32. The number of likely N-dealkylation sites (N-methyl/N-ethyl adjacent to an activating group) is 1. The Hall–Kier alpha value is -3.54. The molecule has 3 aromatic carbocycles. The van der Waals surface area contributed by atoms with E-state index in [1.807, 2.05) is 31.3 Å². The lowest BCUT2D eigenvalue weighted by Crippen LogP contribution is -2.58. The van der Waals surface area contributed by atoms with Crippen LogP contribution in [0.3, 0.4) is 0 Å². The SMILES string of the molecule is COc1cc([N+](=O)[O-])cc2c1O[C@]1(C=C2)N(C)c2c(ccc3ccccc23)C1(C)C. The Kier molecular flexibility index (Phi) is 3.69. The summed E-state index contributed by atoms with van der Waals surface area (Å²) in [5.74, 6) is 0.871. The number of hydrogen-bond donors (Lipinski definition) is 0. The van der Waals surface area contributed by atoms with Crippen molar-refractivity contribution in [2.45, 2.75) is 25.0 Å². The first-order valence-electron chi connectivity index (χ1n) is 9.81. The average molecular weight is 402 g/mol. The second kappa shape index (κ2) is 5.98. The van der Waals surface area contributed by atoms with Crippen LogP contribution in [0.4, 0.5) is 11.4 Å². The molecule has 5 rings (SSSR count). The third-order valence-electron chi connectivity index (χ3n) is 6.55. The summed E-state index contributed by atoms with van der Waals surface area (Å²) in [5.41, 5.74) is 1.75. The molecule has 3 aromatic rings. The zero-order chi connectivity index (χ0) is 21.3. The van der Waals surface area contributed by atoms with E-state index in [1.165, 1.54) is 35.6 Å². The maximum atomic E-state index is 11.3. The van der Waals surface area contributed by atoms with Crippen molar-refractivity contribution in [2.75, 3.05) is 19.1 Å². The first kappa shape index (κ1) is 18.5. The summed E-state index contributed by atoms with van der Waals surface area (Å²) in [4.78, 5) is 13.1. The maximum Gasteiger partial charge on any atom is 0.274 e. The first-order valence-corrected chi connectivity index (χ1v) is 9.81. The molecular formula is C24H22N2O4. The van der Waals surface area contributed by atoms with Gasteiger partial charge in [0.15, 0.2) is 11.5 Å². The molecule has 6 heteroatoms. The fraction of sp³-hybridized carbons (Fsp3) is 0.250. The molecule has 0 fully saturated rings. The molecule has 0 N–H and O–H groups in total. The molecular weight excluding hydrogens is 380 g/mol. The fourth-order valence-corrected chi connectivity index (χ4v) is 4.91. The maximum absolute atomic E-state index is 11.3. The second-order valence-electron chi connectivity index (χ2n) is 8.32. The number of nitrogens with zero attached hydrogens (tertiary/aromatic N) is 2. The third-order valence-corrected chi connectivity index (χ3v) is 6.55. The molecule has 0 amide bonds. The largest absolute Gasteiger partial charge is 0.493 e. The number of nitro groups is 1. The van der Waals surface area contributed by atoms with Crippen molar-refractivity contribution in [1.29, 1.82) is 0 Å². The molecule has 1 atom stereocenters. The summed E-state index contributed by atoms with van der Waals surface area (Å²) >= 11 is 0. The molecule has 2 aliphatic heterocycles. The van der Waals surface area contributed by atoms with Crippen molar-refractivity contribution in [3.63, 3.8) is 0 Å². The molecule has 0 bridgehead atoms. The molecule has 0 radical (unpaired) electrons. The Balaban J connectivity index is 1.72. The number of non-ortho nitro benzene ring substituents is 1. The van der Waals surface area contributed by atoms with Gasteiger partial charge in [0.25, 0.3) is 5.69 Å². The van der Waals surface area contributed by atoms with E-state index in [1.54, 1.807) is 0 Å². The molecule has 0 aromatic heterocycles. The van der Waals surface area contributed by atoms with Gasteiger partial charge in [0.2, 0.25) is 5.72 Å². The standard InChI is InChI=1S/C24H22N2O4/c1-23(2)19-10-9-15-7-5-6-8-18(15)21(19)25(3)24(23)12-11-16-13-17(26(27)28)14-20(29-4)22(16)30-24/h5-14H,1-4H3/t24-/m0/s1. The lowest BCUT2D eigenvalue weighted by atomic mass is 9.76. The van der Waals surface area contributed by atoms with Crippen molar-refractivity contribution < 1.29 is 14.4 Å². The number of ether oxygens (including phenoxy) is 2. The fourth-order valence-electron chi connectivity index (χ4n) is 4.91. The molecule has 1 spiro atoms. The lowest BCUT2D eigenvalue weighted by Gasteiger charge is -2.46. The number of nitro benzene ring substituents is 1. The summed E-state index contributed by atoms with van der Waals surface area (Å²) in [5, 5.41) is 13.6. The van der Waals surface area contributed by atoms with Crippen LogP contribution in [0.15, 0.2) is 54.6 Å². The van der Waals surface area contributed by atoms with Gasteiger partial charge in [-0.1, -0.05) is 36.4 Å². The zero-order valence-electron chi connectivity index (χ0n) is 17.3. The number of methoxy groups -OCH3 is 1. The monoisotopic (exact) mass is 402 g/mol. The van der Waals surface area contributed by atoms with Gasteiger partial charge < -0.3 is 14.4 Å². The molecule has 6 nitrogen and oxygen atoms in total. The highest BCUT2D eigenvalue weighted by Crippen LogP contribution is 2.57. The topological polar surface area (TPSA) is 64.8 Å². The summed E-state index contributed by atoms with van der Waals surface area (Å²) in [6.45, 7) is 4.33. The van der Waals surface area contributed by atoms with Crippen LogP contribution in [-0.2, 0) is 5.41 Å². The minimum atomic E-state index is -0.796. The highest BCUT2D eigenvalue weighted by atomic mass is 16.6. The Labute approximate surface area is 174 Å². The highest BCUT2D eigenvalue weighted by molar-refractivity contribution is 5.98. The number of hydrogen-bond acceptors (Lipinski definition) is 5. The van der Waals surface area contributed by atoms with Crippen LogP contribution < -0.4 is 14.4 Å². The van der Waals surface area contributed by atoms with Crippen molar-refractivity contribution in [2.24, 2.45) is 0 Å². The van der Waals surface area contributed by atoms with Crippen LogP contribution in [0.1, 0.15) is 25.0 Å². The van der Waals surface area contributed by atoms with Crippen molar-refractivity contribution in [3.8, 4) is 11.5 Å². The predicted octanol–water partition coefficient (Wildman–Crippen LogP) is 5.29. The number of rotatable bonds is 2. The summed E-state index contributed by atoms with van der Waals surface area (Å²) in [6.07, 6.45) is 3.91. The van der Waals surface area contributed by atoms with Crippen molar-refractivity contribution in [3.05, 3.63) is 75.8 Å². The summed E-state index contributed by atoms with van der Waals surface area (Å²) in [6, 6.07) is 15.6. The molecule has 0 saturated carbocycles. The molecule has 0 aliphatic carbocycles. The number of anilines is 1. The smallest absolute Gasteiger partial charge is 0.274 e. The van der Waals surface area contributed by atoms with Gasteiger partial charge in [-0.25, -0.2) is 0 Å². The van der Waals surface area contributed by atoms with Crippen LogP contribution in [0.5, 0.6) is 11.5 Å². The van der Waals surface area contributed by atoms with E-state index in [2.05, 4.69) is 43.0 Å². The van der Waals surface area contributed by atoms with Gasteiger partial charge in [0.1, 0.15) is 0 Å². The van der Waals surface area contributed by atoms with Gasteiger partial charge in [0.05, 0.1) is 29.2 Å². The van der Waals surface area contributed by atoms with Crippen molar-refractivity contribution >= 4 is 28.2 Å². The van der Waals surface area contributed by atoms with Gasteiger partial charge >= 0.3 is 0 Å². The van der Waals surface area contributed by atoms with Crippen LogP contribution in [0.25, 0.3) is 16.8 Å². The van der Waals surface area contributed by atoms with Crippen LogP contribution >= 0.6 is 0 Å². The Morgan fingerprint density at radius 2 is 1.90 bits per heavy atom. The average Bonchev–Trinajstić information content (AvgIpc) is 2.91. The molecule has 2 aliphatic rings. The minimum Gasteiger partial charge on any atom is -0.493 e. The van der Waals surface area contributed by atoms with E-state index in [0.717, 1.165) is 5.69 Å². The van der Waals surface area contributed by atoms with Crippen molar-refractivity contribution in [1.82, 2.24) is 0 Å². The Morgan fingerprint density at radius 1 is 1.13 bits per heavy atom. The van der Waals surface area contributed by atoms with Gasteiger partial charge in [-0.15, -0.1) is 0 Å². The van der Waals surface area contributed by atoms with E-state index in [9.17, 15) is 10.1 Å². The molecule has 2 heterocycles. The van der Waals surface area contributed by atoms with Crippen LogP contribution in [0, 0.1) is 10.1 Å². The van der Waals surface area contributed by atoms with Gasteiger partial charge in [0, 0.05) is 24.1 Å². The van der Waals surface area contributed by atoms with E-state index >= 15 is 0 Å². The van der Waals surface area contributed by atoms with E-state index in [0.29, 0.717) is 17.1 Å². The normalized spacial score (nSPS) is 20.7. The third kappa shape index (κ3) is 2.19. The number of fused-ring (bicyclic) bond motifs is 4. The molecule has 152 valence electrons. The highest BCUT2D eigenvalue weighted by Gasteiger charge is 2.58. The van der Waals surface area contributed by atoms with E-state index in [-0.39, 0.29) is 11.1 Å². The van der Waals surface area contributed by atoms with Gasteiger partial charge in [-0.05, 0) is 36.9 Å². The molecule has 0 saturated heterocycles. The summed E-state index contributed by atoms with van der Waals surface area (Å²) in [7, 11) is 3.53. The molecule has 0 unspecified atom stereocenters. The summed E-state index contributed by atoms with van der Waals surface area (Å²) < 4.78 is 12.2.